The Morgan fingerprint density at radius 3 is 2.35 bits per heavy atom. The van der Waals surface area contributed by atoms with Gasteiger partial charge in [-0.25, -0.2) is 4.98 Å². The predicted octanol–water partition coefficient (Wildman–Crippen LogP) is 3.09. The third-order valence-electron chi connectivity index (χ3n) is 4.47. The van der Waals surface area contributed by atoms with Crippen molar-refractivity contribution in [3.8, 4) is 0 Å². The molecule has 1 N–H and O–H groups in total. The molecule has 1 aliphatic heterocycles. The molecule has 136 valence electrons. The fourth-order valence-electron chi connectivity index (χ4n) is 2.82. The second kappa shape index (κ2) is 7.74. The summed E-state index contributed by atoms with van der Waals surface area (Å²) < 4.78 is 0. The Kier molecular flexibility index (Phi) is 5.42. The molecule has 6 nitrogen and oxygen atoms in total. The minimum atomic E-state index is -0.0642. The highest BCUT2D eigenvalue weighted by molar-refractivity contribution is 6.31. The summed E-state index contributed by atoms with van der Waals surface area (Å²) in [6.45, 7) is 5.72. The molecule has 1 aromatic heterocycles. The van der Waals surface area contributed by atoms with Crippen LogP contribution >= 0.6 is 11.6 Å². The van der Waals surface area contributed by atoms with E-state index in [4.69, 9.17) is 11.6 Å². The molecule has 1 fully saturated rings. The fraction of sp³-hybridized carbons (Fsp3) is 0.316. The first-order valence-electron chi connectivity index (χ1n) is 8.48. The minimum Gasteiger partial charge on any atom is -0.340 e. The first-order chi connectivity index (χ1) is 12.4. The molecule has 1 aliphatic rings. The molecule has 0 unspecified atom stereocenters. The first-order valence-corrected chi connectivity index (χ1v) is 8.86. The maximum Gasteiger partial charge on any atom is 0.255 e. The summed E-state index contributed by atoms with van der Waals surface area (Å²) >= 11 is 6.13. The number of anilines is 2. The molecule has 0 saturated carbocycles. The Balaban J connectivity index is 1.63. The van der Waals surface area contributed by atoms with Crippen LogP contribution in [0.15, 0.2) is 36.5 Å². The van der Waals surface area contributed by atoms with Crippen LogP contribution in [-0.4, -0.2) is 52.8 Å². The van der Waals surface area contributed by atoms with Crippen LogP contribution in [0.3, 0.4) is 0 Å². The van der Waals surface area contributed by atoms with E-state index in [1.807, 2.05) is 25.1 Å². The smallest absolute Gasteiger partial charge is 0.255 e. The Morgan fingerprint density at radius 2 is 1.77 bits per heavy atom. The van der Waals surface area contributed by atoms with Gasteiger partial charge in [-0.2, -0.15) is 0 Å². The SMILES string of the molecule is CC(=O)N1CCN(C(=O)c2ccc(Nc3ccc(C)c(Cl)c3)nc2)CC1. The maximum atomic E-state index is 12.6. The molecule has 0 bridgehead atoms. The van der Waals surface area contributed by atoms with Gasteiger partial charge in [-0.3, -0.25) is 9.59 Å². The van der Waals surface area contributed by atoms with Gasteiger partial charge in [0.2, 0.25) is 5.91 Å². The van der Waals surface area contributed by atoms with Gasteiger partial charge in [0, 0.05) is 50.0 Å². The van der Waals surface area contributed by atoms with Crippen LogP contribution in [0.4, 0.5) is 11.5 Å². The zero-order chi connectivity index (χ0) is 18.7. The standard InChI is InChI=1S/C19H21ClN4O2/c1-13-3-5-16(11-17(13)20)22-18-6-4-15(12-21-18)19(26)24-9-7-23(8-10-24)14(2)25/h3-6,11-12H,7-10H2,1-2H3,(H,21,22). The lowest BCUT2D eigenvalue weighted by Gasteiger charge is -2.34. The highest BCUT2D eigenvalue weighted by Crippen LogP contribution is 2.22. The molecule has 0 atom stereocenters. The molecule has 2 amide bonds. The minimum absolute atomic E-state index is 0.0467. The van der Waals surface area contributed by atoms with E-state index in [1.165, 1.54) is 0 Å². The number of nitrogens with one attached hydrogen (secondary N) is 1. The molecule has 26 heavy (non-hydrogen) atoms. The normalized spacial score (nSPS) is 14.3. The molecule has 0 aliphatic carbocycles. The molecule has 0 radical (unpaired) electrons. The van der Waals surface area contributed by atoms with E-state index in [0.717, 1.165) is 11.3 Å². The summed E-state index contributed by atoms with van der Waals surface area (Å²) in [4.78, 5) is 31.8. The number of carbonyl (C=O) groups excluding carboxylic acids is 2. The number of nitrogens with zero attached hydrogens (tertiary/aromatic N) is 3. The van der Waals surface area contributed by atoms with E-state index in [1.54, 1.807) is 35.1 Å². The van der Waals surface area contributed by atoms with Crippen molar-refractivity contribution in [2.75, 3.05) is 31.5 Å². The Morgan fingerprint density at radius 1 is 1.08 bits per heavy atom. The largest absolute Gasteiger partial charge is 0.340 e. The van der Waals surface area contributed by atoms with Crippen LogP contribution in [0, 0.1) is 6.92 Å². The zero-order valence-electron chi connectivity index (χ0n) is 14.8. The summed E-state index contributed by atoms with van der Waals surface area (Å²) in [7, 11) is 0. The number of rotatable bonds is 3. The van der Waals surface area contributed by atoms with Gasteiger partial charge in [0.25, 0.3) is 5.91 Å². The average Bonchev–Trinajstić information content (AvgIpc) is 2.65. The number of piperazine rings is 1. The third kappa shape index (κ3) is 4.14. The molecular weight excluding hydrogens is 352 g/mol. The van der Waals surface area contributed by atoms with E-state index < -0.39 is 0 Å². The molecule has 7 heteroatoms. The van der Waals surface area contributed by atoms with Gasteiger partial charge < -0.3 is 15.1 Å². The highest BCUT2D eigenvalue weighted by Gasteiger charge is 2.23. The van der Waals surface area contributed by atoms with Gasteiger partial charge in [0.15, 0.2) is 0 Å². The van der Waals surface area contributed by atoms with E-state index >= 15 is 0 Å². The number of aryl methyl sites for hydroxylation is 1. The topological polar surface area (TPSA) is 65.5 Å². The van der Waals surface area contributed by atoms with Gasteiger partial charge in [-0.15, -0.1) is 0 Å². The van der Waals surface area contributed by atoms with Crippen molar-refractivity contribution in [3.05, 3.63) is 52.7 Å². The second-order valence-electron chi connectivity index (χ2n) is 6.32. The summed E-state index contributed by atoms with van der Waals surface area (Å²) in [6, 6.07) is 9.23. The highest BCUT2D eigenvalue weighted by atomic mass is 35.5. The number of amides is 2. The molecule has 3 rings (SSSR count). The van der Waals surface area contributed by atoms with Gasteiger partial charge in [-0.1, -0.05) is 17.7 Å². The number of benzene rings is 1. The van der Waals surface area contributed by atoms with Crippen molar-refractivity contribution in [2.24, 2.45) is 0 Å². The second-order valence-corrected chi connectivity index (χ2v) is 6.73. The van der Waals surface area contributed by atoms with Crippen LogP contribution in [-0.2, 0) is 4.79 Å². The number of pyridine rings is 1. The lowest BCUT2D eigenvalue weighted by molar-refractivity contribution is -0.130. The van der Waals surface area contributed by atoms with Crippen LogP contribution in [0.5, 0.6) is 0 Å². The van der Waals surface area contributed by atoms with Gasteiger partial charge in [0.1, 0.15) is 5.82 Å². The maximum absolute atomic E-state index is 12.6. The molecule has 2 heterocycles. The monoisotopic (exact) mass is 372 g/mol. The molecule has 1 aromatic carbocycles. The molecule has 1 saturated heterocycles. The first kappa shape index (κ1) is 18.2. The van der Waals surface area contributed by atoms with Crippen molar-refractivity contribution in [3.63, 3.8) is 0 Å². The van der Waals surface area contributed by atoms with Gasteiger partial charge in [-0.05, 0) is 36.8 Å². The van der Waals surface area contributed by atoms with Crippen LogP contribution in [0.25, 0.3) is 0 Å². The predicted molar refractivity (Wildman–Crippen MR) is 102 cm³/mol. The molecular formula is C19H21ClN4O2. The molecule has 2 aromatic rings. The molecule has 0 spiro atoms. The van der Waals surface area contributed by atoms with E-state index in [-0.39, 0.29) is 11.8 Å². The summed E-state index contributed by atoms with van der Waals surface area (Å²) in [6.07, 6.45) is 1.57. The lowest BCUT2D eigenvalue weighted by atomic mass is 10.2. The fourth-order valence-corrected chi connectivity index (χ4v) is 3.00. The van der Waals surface area contributed by atoms with Crippen molar-refractivity contribution in [1.29, 1.82) is 0 Å². The van der Waals surface area contributed by atoms with Crippen LogP contribution < -0.4 is 5.32 Å². The number of carbonyl (C=O) groups is 2. The van der Waals surface area contributed by atoms with E-state index in [9.17, 15) is 9.59 Å². The average molecular weight is 373 g/mol. The van der Waals surface area contributed by atoms with Crippen molar-refractivity contribution >= 4 is 34.9 Å². The summed E-state index contributed by atoms with van der Waals surface area (Å²) in [5.41, 5.74) is 2.39. The lowest BCUT2D eigenvalue weighted by Crippen LogP contribution is -2.50. The van der Waals surface area contributed by atoms with Crippen LogP contribution in [0.2, 0.25) is 5.02 Å². The number of hydrogen-bond donors (Lipinski definition) is 1. The van der Waals surface area contributed by atoms with E-state index in [0.29, 0.717) is 42.6 Å². The number of hydrogen-bond acceptors (Lipinski definition) is 4. The Hall–Kier alpha value is -2.60. The number of aromatic nitrogens is 1. The van der Waals surface area contributed by atoms with Gasteiger partial charge >= 0.3 is 0 Å². The summed E-state index contributed by atoms with van der Waals surface area (Å²) in [5, 5.41) is 3.86. The Labute approximate surface area is 157 Å². The summed E-state index contributed by atoms with van der Waals surface area (Å²) in [5.74, 6) is 0.624. The third-order valence-corrected chi connectivity index (χ3v) is 4.87. The Bertz CT molecular complexity index is 815. The van der Waals surface area contributed by atoms with Crippen molar-refractivity contribution in [2.45, 2.75) is 13.8 Å². The number of halogens is 1. The van der Waals surface area contributed by atoms with Gasteiger partial charge in [0.05, 0.1) is 5.56 Å². The van der Waals surface area contributed by atoms with E-state index in [2.05, 4.69) is 10.3 Å². The van der Waals surface area contributed by atoms with Crippen LogP contribution in [0.1, 0.15) is 22.8 Å². The quantitative estimate of drug-likeness (QED) is 0.899. The van der Waals surface area contributed by atoms with Crippen molar-refractivity contribution < 1.29 is 9.59 Å². The zero-order valence-corrected chi connectivity index (χ0v) is 15.6. The van der Waals surface area contributed by atoms with Crippen molar-refractivity contribution in [1.82, 2.24) is 14.8 Å².